The highest BCUT2D eigenvalue weighted by atomic mass is 16.3. The maximum atomic E-state index is 12.1. The van der Waals surface area contributed by atoms with Crippen molar-refractivity contribution in [3.8, 4) is 0 Å². The Balaban J connectivity index is 4.80. The fourth-order valence-electron chi connectivity index (χ4n) is 1.68. The van der Waals surface area contributed by atoms with E-state index in [9.17, 15) is 19.8 Å². The third-order valence-corrected chi connectivity index (χ3v) is 2.99. The van der Waals surface area contributed by atoms with Crippen LogP contribution in [0.1, 0.15) is 27.2 Å². The van der Waals surface area contributed by atoms with Crippen molar-refractivity contribution in [2.45, 2.75) is 57.6 Å². The molecule has 8 nitrogen and oxygen atoms in total. The Morgan fingerprint density at radius 2 is 1.86 bits per heavy atom. The predicted molar refractivity (Wildman–Crippen MR) is 77.1 cm³/mol. The van der Waals surface area contributed by atoms with Gasteiger partial charge in [-0.3, -0.25) is 10.1 Å². The van der Waals surface area contributed by atoms with Crippen molar-refractivity contribution < 1.29 is 24.9 Å². The van der Waals surface area contributed by atoms with Crippen LogP contribution < -0.4 is 16.4 Å². The molecule has 0 spiro atoms. The summed E-state index contributed by atoms with van der Waals surface area (Å²) in [6, 6.07) is -2.73. The van der Waals surface area contributed by atoms with Crippen molar-refractivity contribution in [3.05, 3.63) is 0 Å². The molecule has 0 heterocycles. The lowest BCUT2D eigenvalue weighted by molar-refractivity contribution is -0.128. The highest BCUT2D eigenvalue weighted by molar-refractivity contribution is 5.84. The van der Waals surface area contributed by atoms with Gasteiger partial charge < -0.3 is 31.2 Å². The van der Waals surface area contributed by atoms with Crippen LogP contribution >= 0.6 is 0 Å². The molecule has 0 aromatic carbocycles. The van der Waals surface area contributed by atoms with E-state index in [1.54, 1.807) is 0 Å². The van der Waals surface area contributed by atoms with E-state index in [1.165, 1.54) is 6.92 Å². The van der Waals surface area contributed by atoms with Gasteiger partial charge >= 0.3 is 0 Å². The molecule has 0 rings (SSSR count). The number of hydrogen-bond acceptors (Lipinski definition) is 7. The Morgan fingerprint density at radius 1 is 1.29 bits per heavy atom. The molecule has 2 unspecified atom stereocenters. The third-order valence-electron chi connectivity index (χ3n) is 2.99. The Labute approximate surface area is 124 Å². The summed E-state index contributed by atoms with van der Waals surface area (Å²) in [4.78, 5) is 22.9. The number of aliphatic hydroxyl groups excluding tert-OH is 3. The van der Waals surface area contributed by atoms with E-state index in [4.69, 9.17) is 10.8 Å². The van der Waals surface area contributed by atoms with Crippen LogP contribution in [0.25, 0.3) is 0 Å². The lowest BCUT2D eigenvalue weighted by Crippen LogP contribution is -2.57. The first kappa shape index (κ1) is 19.9. The third kappa shape index (κ3) is 7.49. The van der Waals surface area contributed by atoms with Gasteiger partial charge in [-0.25, -0.2) is 0 Å². The van der Waals surface area contributed by atoms with Crippen LogP contribution in [0.15, 0.2) is 0 Å². The molecule has 1 amide bonds. The van der Waals surface area contributed by atoms with Crippen LogP contribution in [0.3, 0.4) is 0 Å². The molecule has 0 bridgehead atoms. The molecule has 0 aliphatic rings. The minimum absolute atomic E-state index is 0.145. The van der Waals surface area contributed by atoms with Crippen LogP contribution in [-0.4, -0.2) is 64.6 Å². The Bertz CT molecular complexity index is 325. The normalized spacial score (nSPS) is 18.7. The molecule has 124 valence electrons. The minimum Gasteiger partial charge on any atom is -0.395 e. The molecule has 0 saturated carbocycles. The second kappa shape index (κ2) is 9.80. The molecule has 8 heteroatoms. The van der Waals surface area contributed by atoms with E-state index in [0.717, 1.165) is 0 Å². The first-order valence-corrected chi connectivity index (χ1v) is 6.97. The molecule has 5 atom stereocenters. The summed E-state index contributed by atoms with van der Waals surface area (Å²) in [5, 5.41) is 33.0. The monoisotopic (exact) mass is 305 g/mol. The summed E-state index contributed by atoms with van der Waals surface area (Å²) in [5.74, 6) is -0.377. The zero-order chi connectivity index (χ0) is 16.6. The van der Waals surface area contributed by atoms with E-state index in [1.807, 2.05) is 13.8 Å². The van der Waals surface area contributed by atoms with Crippen molar-refractivity contribution in [1.82, 2.24) is 10.6 Å². The first-order chi connectivity index (χ1) is 9.72. The van der Waals surface area contributed by atoms with E-state index in [2.05, 4.69) is 10.6 Å². The van der Waals surface area contributed by atoms with E-state index in [-0.39, 0.29) is 5.92 Å². The summed E-state index contributed by atoms with van der Waals surface area (Å²) < 4.78 is 0. The van der Waals surface area contributed by atoms with Gasteiger partial charge in [0.25, 0.3) is 0 Å². The molecule has 0 aliphatic carbocycles. The zero-order valence-corrected chi connectivity index (χ0v) is 12.7. The fourth-order valence-corrected chi connectivity index (χ4v) is 1.68. The summed E-state index contributed by atoms with van der Waals surface area (Å²) in [6.07, 6.45) is -1.43. The van der Waals surface area contributed by atoms with Crippen molar-refractivity contribution in [2.75, 3.05) is 6.61 Å². The van der Waals surface area contributed by atoms with Gasteiger partial charge in [-0.15, -0.1) is 0 Å². The number of hydrogen-bond donors (Lipinski definition) is 6. The van der Waals surface area contributed by atoms with Gasteiger partial charge in [0.1, 0.15) is 18.6 Å². The van der Waals surface area contributed by atoms with E-state index in [0.29, 0.717) is 12.7 Å². The largest absolute Gasteiger partial charge is 0.395 e. The minimum atomic E-state index is -1.26. The summed E-state index contributed by atoms with van der Waals surface area (Å²) in [6.45, 7) is 4.74. The fraction of sp³-hybridized carbons (Fsp3) is 0.846. The molecule has 7 N–H and O–H groups in total. The number of amides is 1. The first-order valence-electron chi connectivity index (χ1n) is 6.97. The van der Waals surface area contributed by atoms with Gasteiger partial charge in [0.05, 0.1) is 24.8 Å². The van der Waals surface area contributed by atoms with Gasteiger partial charge in [0.15, 0.2) is 0 Å². The van der Waals surface area contributed by atoms with Gasteiger partial charge in [0, 0.05) is 0 Å². The van der Waals surface area contributed by atoms with Crippen molar-refractivity contribution in [2.24, 2.45) is 11.7 Å². The molecule has 0 aliphatic heterocycles. The smallest absolute Gasteiger partial charge is 0.237 e. The molecular formula is C13H27N3O5. The maximum absolute atomic E-state index is 12.1. The summed E-state index contributed by atoms with van der Waals surface area (Å²) in [5.41, 5.74) is 5.48. The number of aldehydes is 1. The van der Waals surface area contributed by atoms with Crippen LogP contribution in [-0.2, 0) is 9.59 Å². The average molecular weight is 305 g/mol. The molecule has 0 fully saturated rings. The number of aliphatic hydroxyl groups is 3. The SMILES string of the molecule is CC(C)C[C@@H](NC(O)[C@H](N)CO)C(=O)N[C@@H](C=O)C(C)O. The number of carbonyl (C=O) groups excluding carboxylic acids is 2. The van der Waals surface area contributed by atoms with Crippen LogP contribution in [0, 0.1) is 5.92 Å². The number of nitrogens with one attached hydrogen (secondary N) is 2. The molecule has 21 heavy (non-hydrogen) atoms. The molecular weight excluding hydrogens is 278 g/mol. The highest BCUT2D eigenvalue weighted by Crippen LogP contribution is 2.07. The number of nitrogens with two attached hydrogens (primary N) is 1. The second-order valence-corrected chi connectivity index (χ2v) is 5.55. The standard InChI is InChI=1S/C13H27N3O5/c1-7(2)4-10(15-12(20)9(14)5-17)13(21)16-11(6-18)8(3)19/h6-12,15,17,19-20H,4-5,14H2,1-3H3,(H,16,21)/t8?,9-,10-,11+,12?/m1/s1. The lowest BCUT2D eigenvalue weighted by Gasteiger charge is -2.27. The molecule has 0 saturated heterocycles. The van der Waals surface area contributed by atoms with Crippen molar-refractivity contribution in [3.63, 3.8) is 0 Å². The predicted octanol–water partition coefficient (Wildman–Crippen LogP) is -2.31. The van der Waals surface area contributed by atoms with Crippen LogP contribution in [0.2, 0.25) is 0 Å². The Kier molecular flexibility index (Phi) is 9.31. The van der Waals surface area contributed by atoms with E-state index >= 15 is 0 Å². The highest BCUT2D eigenvalue weighted by Gasteiger charge is 2.27. The van der Waals surface area contributed by atoms with Gasteiger partial charge in [-0.05, 0) is 19.3 Å². The average Bonchev–Trinajstić information content (AvgIpc) is 2.41. The topological polar surface area (TPSA) is 145 Å². The zero-order valence-electron chi connectivity index (χ0n) is 12.7. The quantitative estimate of drug-likeness (QED) is 0.196. The van der Waals surface area contributed by atoms with Crippen molar-refractivity contribution >= 4 is 12.2 Å². The van der Waals surface area contributed by atoms with Gasteiger partial charge in [-0.2, -0.15) is 0 Å². The number of rotatable bonds is 10. The molecule has 0 aromatic rings. The van der Waals surface area contributed by atoms with E-state index < -0.39 is 43.0 Å². The van der Waals surface area contributed by atoms with Gasteiger partial charge in [0.2, 0.25) is 5.91 Å². The Morgan fingerprint density at radius 3 is 2.24 bits per heavy atom. The molecule has 0 aromatic heterocycles. The Hall–Kier alpha value is -1.06. The second-order valence-electron chi connectivity index (χ2n) is 5.55. The lowest BCUT2D eigenvalue weighted by atomic mass is 10.0. The summed E-state index contributed by atoms with van der Waals surface area (Å²) in [7, 11) is 0. The number of carbonyl (C=O) groups is 2. The van der Waals surface area contributed by atoms with Crippen LogP contribution in [0.4, 0.5) is 0 Å². The summed E-state index contributed by atoms with van der Waals surface area (Å²) >= 11 is 0. The van der Waals surface area contributed by atoms with Crippen molar-refractivity contribution in [1.29, 1.82) is 0 Å². The van der Waals surface area contributed by atoms with Crippen LogP contribution in [0.5, 0.6) is 0 Å². The maximum Gasteiger partial charge on any atom is 0.237 e. The van der Waals surface area contributed by atoms with Gasteiger partial charge in [-0.1, -0.05) is 13.8 Å². The molecule has 0 radical (unpaired) electrons.